The van der Waals surface area contributed by atoms with Crippen molar-refractivity contribution in [3.05, 3.63) is 29.8 Å². The minimum Gasteiger partial charge on any atom is -0.497 e. The topological polar surface area (TPSA) is 56.2 Å². The fraction of sp³-hybridized carbons (Fsp3) is 0.632. The molecule has 3 rings (SSSR count). The molecule has 1 N–H and O–H groups in total. The van der Waals surface area contributed by atoms with Gasteiger partial charge >= 0.3 is 0 Å². The molecule has 2 fully saturated rings. The number of methoxy groups -OCH3 is 1. The van der Waals surface area contributed by atoms with Crippen LogP contribution in [0, 0.1) is 0 Å². The van der Waals surface area contributed by atoms with E-state index >= 15 is 0 Å². The van der Waals surface area contributed by atoms with E-state index < -0.39 is 0 Å². The van der Waals surface area contributed by atoms with E-state index in [0.29, 0.717) is 13.1 Å². The molecule has 1 unspecified atom stereocenters. The Bertz CT molecular complexity index is 556. The van der Waals surface area contributed by atoms with Crippen molar-refractivity contribution in [1.82, 2.24) is 14.7 Å². The van der Waals surface area contributed by atoms with E-state index in [1.165, 1.54) is 5.56 Å². The number of piperazine rings is 1. The lowest BCUT2D eigenvalue weighted by Crippen LogP contribution is -2.52. The maximum Gasteiger partial charge on any atom is 0.236 e. The summed E-state index contributed by atoms with van der Waals surface area (Å²) in [4.78, 5) is 18.9. The largest absolute Gasteiger partial charge is 0.497 e. The summed E-state index contributed by atoms with van der Waals surface area (Å²) in [5.74, 6) is 1.07. The van der Waals surface area contributed by atoms with Crippen LogP contribution >= 0.6 is 0 Å². The number of likely N-dealkylation sites (tertiary alicyclic amines) is 1. The molecule has 0 saturated carbocycles. The number of carbonyl (C=O) groups excluding carboxylic acids is 1. The molecular formula is C19H29N3O3. The Hall–Kier alpha value is -1.63. The molecule has 2 heterocycles. The SMILES string of the molecule is COc1ccc(CN2CCN(C(=O)CN3CCCC(O)C3)CC2)cc1. The molecule has 1 aromatic rings. The number of piperidine rings is 1. The van der Waals surface area contributed by atoms with Gasteiger partial charge in [0, 0.05) is 39.3 Å². The number of aliphatic hydroxyl groups is 1. The second-order valence-electron chi connectivity index (χ2n) is 7.04. The van der Waals surface area contributed by atoms with Gasteiger partial charge in [-0.2, -0.15) is 0 Å². The summed E-state index contributed by atoms with van der Waals surface area (Å²) in [6.07, 6.45) is 1.56. The maximum atomic E-state index is 12.5. The summed E-state index contributed by atoms with van der Waals surface area (Å²) in [5, 5.41) is 9.73. The van der Waals surface area contributed by atoms with Crippen LogP contribution in [0.2, 0.25) is 0 Å². The zero-order chi connectivity index (χ0) is 17.6. The van der Waals surface area contributed by atoms with E-state index in [2.05, 4.69) is 21.9 Å². The molecule has 0 aromatic heterocycles. The number of benzene rings is 1. The van der Waals surface area contributed by atoms with Gasteiger partial charge in [-0.05, 0) is 37.1 Å². The van der Waals surface area contributed by atoms with Gasteiger partial charge in [0.1, 0.15) is 5.75 Å². The highest BCUT2D eigenvalue weighted by molar-refractivity contribution is 5.78. The zero-order valence-electron chi connectivity index (χ0n) is 15.1. The standard InChI is InChI=1S/C19H29N3O3/c1-25-18-6-4-16(5-7-18)13-20-9-11-22(12-10-20)19(24)15-21-8-2-3-17(23)14-21/h4-7,17,23H,2-3,8-15H2,1H3. The Labute approximate surface area is 150 Å². The fourth-order valence-corrected chi connectivity index (χ4v) is 3.61. The summed E-state index contributed by atoms with van der Waals surface area (Å²) in [6.45, 7) is 6.26. The average molecular weight is 347 g/mol. The molecule has 0 radical (unpaired) electrons. The van der Waals surface area contributed by atoms with Gasteiger partial charge in [0.25, 0.3) is 0 Å². The molecule has 138 valence electrons. The molecule has 2 saturated heterocycles. The molecule has 6 nitrogen and oxygen atoms in total. The average Bonchev–Trinajstić information content (AvgIpc) is 2.63. The highest BCUT2D eigenvalue weighted by Crippen LogP contribution is 2.15. The van der Waals surface area contributed by atoms with E-state index in [1.54, 1.807) is 7.11 Å². The van der Waals surface area contributed by atoms with Crippen molar-refractivity contribution in [2.45, 2.75) is 25.5 Å². The Morgan fingerprint density at radius 2 is 1.84 bits per heavy atom. The molecule has 1 aromatic carbocycles. The van der Waals surface area contributed by atoms with Gasteiger partial charge in [-0.1, -0.05) is 12.1 Å². The summed E-state index contributed by atoms with van der Waals surface area (Å²) in [5.41, 5.74) is 1.27. The molecule has 0 bridgehead atoms. The van der Waals surface area contributed by atoms with E-state index in [-0.39, 0.29) is 12.0 Å². The summed E-state index contributed by atoms with van der Waals surface area (Å²) in [7, 11) is 1.68. The fourth-order valence-electron chi connectivity index (χ4n) is 3.61. The minimum absolute atomic E-state index is 0.193. The maximum absolute atomic E-state index is 12.5. The first-order valence-corrected chi connectivity index (χ1v) is 9.17. The van der Waals surface area contributed by atoms with Gasteiger partial charge in [-0.15, -0.1) is 0 Å². The number of carbonyl (C=O) groups is 1. The summed E-state index contributed by atoms with van der Waals surface area (Å²) < 4.78 is 5.19. The number of amides is 1. The van der Waals surface area contributed by atoms with Crippen LogP contribution in [-0.4, -0.2) is 84.7 Å². The lowest BCUT2D eigenvalue weighted by molar-refractivity contribution is -0.134. The number of aliphatic hydroxyl groups excluding tert-OH is 1. The second-order valence-corrected chi connectivity index (χ2v) is 7.04. The molecule has 6 heteroatoms. The molecule has 2 aliphatic heterocycles. The van der Waals surface area contributed by atoms with Crippen LogP contribution in [0.25, 0.3) is 0 Å². The van der Waals surface area contributed by atoms with E-state index in [1.807, 2.05) is 17.0 Å². The highest BCUT2D eigenvalue weighted by Gasteiger charge is 2.25. The molecule has 2 aliphatic rings. The van der Waals surface area contributed by atoms with Crippen molar-refractivity contribution in [3.63, 3.8) is 0 Å². The number of rotatable bonds is 5. The lowest BCUT2D eigenvalue weighted by atomic mass is 10.1. The summed E-state index contributed by atoms with van der Waals surface area (Å²) in [6, 6.07) is 8.17. The Kier molecular flexibility index (Phi) is 6.29. The van der Waals surface area contributed by atoms with Crippen LogP contribution in [0.3, 0.4) is 0 Å². The molecule has 1 atom stereocenters. The van der Waals surface area contributed by atoms with Crippen LogP contribution in [0.4, 0.5) is 0 Å². The predicted molar refractivity (Wildman–Crippen MR) is 96.5 cm³/mol. The molecule has 25 heavy (non-hydrogen) atoms. The van der Waals surface area contributed by atoms with Crippen molar-refractivity contribution in [3.8, 4) is 5.75 Å². The van der Waals surface area contributed by atoms with E-state index in [4.69, 9.17) is 4.74 Å². The zero-order valence-corrected chi connectivity index (χ0v) is 15.1. The monoisotopic (exact) mass is 347 g/mol. The Balaban J connectivity index is 1.42. The first kappa shape index (κ1) is 18.2. The number of hydrogen-bond acceptors (Lipinski definition) is 5. The first-order valence-electron chi connectivity index (χ1n) is 9.17. The van der Waals surface area contributed by atoms with Gasteiger partial charge in [0.05, 0.1) is 19.8 Å². The van der Waals surface area contributed by atoms with Gasteiger partial charge < -0.3 is 14.7 Å². The molecule has 0 spiro atoms. The first-order chi connectivity index (χ1) is 12.1. The van der Waals surface area contributed by atoms with Gasteiger partial charge in [0.2, 0.25) is 5.91 Å². The normalized spacial score (nSPS) is 22.8. The number of β-amino-alcohol motifs (C(OH)–C–C–N with tert-alkyl or cyclic N) is 1. The van der Waals surface area contributed by atoms with Crippen LogP contribution in [-0.2, 0) is 11.3 Å². The summed E-state index contributed by atoms with van der Waals surface area (Å²) >= 11 is 0. The van der Waals surface area contributed by atoms with E-state index in [9.17, 15) is 9.90 Å². The third-order valence-corrected chi connectivity index (χ3v) is 5.13. The van der Waals surface area contributed by atoms with Crippen LogP contribution in [0.15, 0.2) is 24.3 Å². The van der Waals surface area contributed by atoms with Crippen LogP contribution < -0.4 is 4.74 Å². The van der Waals surface area contributed by atoms with Crippen molar-refractivity contribution in [1.29, 1.82) is 0 Å². The number of ether oxygens (including phenoxy) is 1. The highest BCUT2D eigenvalue weighted by atomic mass is 16.5. The van der Waals surface area contributed by atoms with Crippen molar-refractivity contribution < 1.29 is 14.6 Å². The lowest BCUT2D eigenvalue weighted by Gasteiger charge is -2.37. The van der Waals surface area contributed by atoms with Crippen molar-refractivity contribution >= 4 is 5.91 Å². The number of nitrogens with zero attached hydrogens (tertiary/aromatic N) is 3. The van der Waals surface area contributed by atoms with Crippen LogP contribution in [0.1, 0.15) is 18.4 Å². The van der Waals surface area contributed by atoms with Gasteiger partial charge in [-0.3, -0.25) is 14.6 Å². The quantitative estimate of drug-likeness (QED) is 0.854. The smallest absolute Gasteiger partial charge is 0.236 e. The Morgan fingerprint density at radius 1 is 1.12 bits per heavy atom. The Morgan fingerprint density at radius 3 is 2.48 bits per heavy atom. The van der Waals surface area contributed by atoms with Crippen molar-refractivity contribution in [2.75, 3.05) is 52.9 Å². The third kappa shape index (κ3) is 5.17. The molecule has 0 aliphatic carbocycles. The number of hydrogen-bond donors (Lipinski definition) is 1. The predicted octanol–water partition coefficient (Wildman–Crippen LogP) is 0.796. The van der Waals surface area contributed by atoms with Gasteiger partial charge in [-0.25, -0.2) is 0 Å². The minimum atomic E-state index is -0.275. The second kappa shape index (κ2) is 8.65. The van der Waals surface area contributed by atoms with Gasteiger partial charge in [0.15, 0.2) is 0 Å². The van der Waals surface area contributed by atoms with Crippen molar-refractivity contribution in [2.24, 2.45) is 0 Å². The van der Waals surface area contributed by atoms with E-state index in [0.717, 1.165) is 57.9 Å². The molecule has 1 amide bonds. The molecular weight excluding hydrogens is 318 g/mol. The van der Waals surface area contributed by atoms with Crippen LogP contribution in [0.5, 0.6) is 5.75 Å². The third-order valence-electron chi connectivity index (χ3n) is 5.13.